The van der Waals surface area contributed by atoms with Gasteiger partial charge in [0, 0.05) is 11.8 Å². The highest BCUT2D eigenvalue weighted by molar-refractivity contribution is 7.92. The number of carbonyl (C=O) groups excluding carboxylic acids is 1. The molecule has 0 saturated carbocycles. The molecule has 0 amide bonds. The summed E-state index contributed by atoms with van der Waals surface area (Å²) in [6.07, 6.45) is 0. The number of halogens is 5. The normalized spacial score (nSPS) is 17.9. The highest BCUT2D eigenvalue weighted by Crippen LogP contribution is 2.27. The molecule has 0 aliphatic carbocycles. The van der Waals surface area contributed by atoms with E-state index in [4.69, 9.17) is 11.8 Å². The van der Waals surface area contributed by atoms with E-state index >= 15 is 4.39 Å². The number of nitrogens with one attached hydrogen (secondary N) is 1. The summed E-state index contributed by atoms with van der Waals surface area (Å²) in [7, 11) is -5.03. The molecular weight excluding hydrogens is 506 g/mol. The second-order valence-corrected chi connectivity index (χ2v) is 9.07. The molecule has 2 heterocycles. The molecule has 4 rings (SSSR count). The molecule has 2 aromatic rings. The number of Topliss-reactive ketones (excluding diaryl/α,β-unsaturated/α-hetero) is 1. The summed E-state index contributed by atoms with van der Waals surface area (Å²) < 4.78 is 84.9. The summed E-state index contributed by atoms with van der Waals surface area (Å²) in [5, 5.41) is 16.6. The van der Waals surface area contributed by atoms with Crippen molar-refractivity contribution in [2.24, 2.45) is 10.1 Å². The number of rotatable bonds is 5. The summed E-state index contributed by atoms with van der Waals surface area (Å²) in [5.41, 5.74) is -2.19. The number of nitrogens with zero attached hydrogens (tertiary/aromatic N) is 4. The predicted molar refractivity (Wildman–Crippen MR) is 113 cm³/mol. The topological polar surface area (TPSA) is 117 Å². The first-order valence-electron chi connectivity index (χ1n) is 9.35. The Hall–Kier alpha value is -3.52. The van der Waals surface area contributed by atoms with E-state index in [1.165, 1.54) is 6.92 Å². The molecule has 0 spiro atoms. The Bertz CT molecular complexity index is 1420. The van der Waals surface area contributed by atoms with Gasteiger partial charge in [0.2, 0.25) is 0 Å². The van der Waals surface area contributed by atoms with Crippen molar-refractivity contribution in [3.05, 3.63) is 64.4 Å². The number of amidine groups is 1. The van der Waals surface area contributed by atoms with Crippen LogP contribution in [-0.2, 0) is 10.0 Å². The van der Waals surface area contributed by atoms with Crippen molar-refractivity contribution >= 4 is 50.5 Å². The minimum Gasteiger partial charge on any atom is -0.710 e. The molecule has 15 heteroatoms. The van der Waals surface area contributed by atoms with Crippen molar-refractivity contribution in [2.45, 2.75) is 17.9 Å². The number of sulfonamides is 1. The summed E-state index contributed by atoms with van der Waals surface area (Å²) in [6.45, 7) is 1.22. The summed E-state index contributed by atoms with van der Waals surface area (Å²) >= 11 is 5.84. The lowest BCUT2D eigenvalue weighted by molar-refractivity contribution is -0.323. The number of hydroxylamine groups is 1. The standard InChI is InChI=1S/C19H12ClF4N5O4S/c1-8-16-13(26-29(8)20)7-25-19(28(16)31)17(30)14-9(21)5-6-12(15(14)24)27-34(32,33)18-10(22)3-2-4-11(18)23/h2-6,8,27H,7H2,1H3. The third kappa shape index (κ3) is 3.77. The van der Waals surface area contributed by atoms with Gasteiger partial charge in [0.05, 0.1) is 5.69 Å². The molecule has 9 nitrogen and oxygen atoms in total. The average Bonchev–Trinajstić information content (AvgIpc) is 3.04. The first-order valence-corrected chi connectivity index (χ1v) is 11.2. The van der Waals surface area contributed by atoms with E-state index in [9.17, 15) is 31.6 Å². The van der Waals surface area contributed by atoms with Gasteiger partial charge in [0.15, 0.2) is 28.7 Å². The second kappa shape index (κ2) is 8.36. The van der Waals surface area contributed by atoms with Gasteiger partial charge >= 0.3 is 5.84 Å². The molecule has 0 radical (unpaired) electrons. The van der Waals surface area contributed by atoms with Crippen LogP contribution >= 0.6 is 11.8 Å². The smallest absolute Gasteiger partial charge is 0.370 e. The molecule has 1 atom stereocenters. The Morgan fingerprint density at radius 3 is 2.47 bits per heavy atom. The lowest BCUT2D eigenvalue weighted by atomic mass is 10.0. The van der Waals surface area contributed by atoms with E-state index in [-0.39, 0.29) is 22.7 Å². The number of anilines is 1. The first-order chi connectivity index (χ1) is 15.9. The molecule has 34 heavy (non-hydrogen) atoms. The number of ketones is 1. The molecule has 0 fully saturated rings. The lowest BCUT2D eigenvalue weighted by Gasteiger charge is -2.19. The largest absolute Gasteiger partial charge is 0.710 e. The number of hydrazone groups is 1. The lowest BCUT2D eigenvalue weighted by Crippen LogP contribution is -2.43. The van der Waals surface area contributed by atoms with Crippen LogP contribution < -0.4 is 4.72 Å². The molecule has 1 N–H and O–H groups in total. The maximum Gasteiger partial charge on any atom is 0.370 e. The molecular formula is C19H12ClF4N5O4S. The van der Waals surface area contributed by atoms with Crippen molar-refractivity contribution < 1.29 is 35.5 Å². The fourth-order valence-electron chi connectivity index (χ4n) is 3.37. The van der Waals surface area contributed by atoms with Crippen molar-refractivity contribution in [1.82, 2.24) is 4.53 Å². The quantitative estimate of drug-likeness (QED) is 0.215. The van der Waals surface area contributed by atoms with Gasteiger partial charge in [-0.25, -0.2) is 30.7 Å². The minimum atomic E-state index is -5.03. The molecule has 2 aliphatic heterocycles. The molecule has 0 aromatic heterocycles. The van der Waals surface area contributed by atoms with Gasteiger partial charge in [-0.3, -0.25) is 9.52 Å². The SMILES string of the molecule is CC1C2=[N+]([O-])C(C(=O)c3c(F)ccc(NS(=O)(=O)c4c(F)cccc4F)c3F)=NCC2=NN1Cl. The van der Waals surface area contributed by atoms with Gasteiger partial charge in [-0.2, -0.15) is 9.63 Å². The molecule has 0 saturated heterocycles. The average molecular weight is 518 g/mol. The van der Waals surface area contributed by atoms with Crippen LogP contribution in [0.5, 0.6) is 0 Å². The van der Waals surface area contributed by atoms with Gasteiger partial charge in [0.1, 0.15) is 29.1 Å². The minimum absolute atomic E-state index is 0.0438. The zero-order chi connectivity index (χ0) is 24.9. The van der Waals surface area contributed by atoms with E-state index in [0.717, 1.165) is 10.6 Å². The van der Waals surface area contributed by atoms with Crippen LogP contribution in [0, 0.1) is 28.5 Å². The Labute approximate surface area is 194 Å². The number of hydrogen-bond donors (Lipinski definition) is 1. The first kappa shape index (κ1) is 23.6. The van der Waals surface area contributed by atoms with Crippen molar-refractivity contribution in [1.29, 1.82) is 0 Å². The maximum atomic E-state index is 15.1. The van der Waals surface area contributed by atoms with Crippen LogP contribution in [0.15, 0.2) is 45.3 Å². The van der Waals surface area contributed by atoms with Crippen molar-refractivity contribution in [2.75, 3.05) is 11.3 Å². The fraction of sp³-hybridized carbons (Fsp3) is 0.158. The van der Waals surface area contributed by atoms with Crippen molar-refractivity contribution in [3.63, 3.8) is 0 Å². The van der Waals surface area contributed by atoms with E-state index in [0.29, 0.717) is 24.3 Å². The Morgan fingerprint density at radius 1 is 1.18 bits per heavy atom. The summed E-state index contributed by atoms with van der Waals surface area (Å²) in [6, 6.07) is 2.64. The highest BCUT2D eigenvalue weighted by Gasteiger charge is 2.41. The number of fused-ring (bicyclic) bond motifs is 1. The van der Waals surface area contributed by atoms with E-state index in [2.05, 4.69) is 10.1 Å². The second-order valence-electron chi connectivity index (χ2n) is 7.10. The van der Waals surface area contributed by atoms with Gasteiger partial charge in [-0.1, -0.05) is 11.1 Å². The number of aliphatic imine (C=N–C) groups is 1. The van der Waals surface area contributed by atoms with E-state index < -0.39 is 67.1 Å². The van der Waals surface area contributed by atoms with Gasteiger partial charge in [-0.15, -0.1) is 0 Å². The summed E-state index contributed by atoms with van der Waals surface area (Å²) in [4.78, 5) is 15.2. The monoisotopic (exact) mass is 517 g/mol. The van der Waals surface area contributed by atoms with E-state index in [1.54, 1.807) is 4.72 Å². The zero-order valence-corrected chi connectivity index (χ0v) is 18.5. The van der Waals surface area contributed by atoms with Crippen LogP contribution in [0.3, 0.4) is 0 Å². The summed E-state index contributed by atoms with van der Waals surface area (Å²) in [5.74, 6) is -8.44. The third-order valence-corrected chi connectivity index (χ3v) is 6.75. The van der Waals surface area contributed by atoms with Crippen LogP contribution in [0.2, 0.25) is 0 Å². The van der Waals surface area contributed by atoms with Crippen LogP contribution in [0.25, 0.3) is 0 Å². The number of hydrogen-bond acceptors (Lipinski definition) is 7. The molecule has 2 aliphatic rings. The van der Waals surface area contributed by atoms with Gasteiger partial charge in [0.25, 0.3) is 15.8 Å². The Kier molecular flexibility index (Phi) is 5.81. The zero-order valence-electron chi connectivity index (χ0n) is 16.9. The van der Waals surface area contributed by atoms with Crippen LogP contribution in [-0.4, -0.2) is 53.3 Å². The fourth-order valence-corrected chi connectivity index (χ4v) is 4.76. The van der Waals surface area contributed by atoms with Crippen LogP contribution in [0.4, 0.5) is 23.2 Å². The predicted octanol–water partition coefficient (Wildman–Crippen LogP) is 2.80. The molecule has 0 bridgehead atoms. The molecule has 2 aromatic carbocycles. The maximum absolute atomic E-state index is 15.1. The highest BCUT2D eigenvalue weighted by atomic mass is 35.5. The van der Waals surface area contributed by atoms with Gasteiger partial charge in [-0.05, 0) is 31.2 Å². The Morgan fingerprint density at radius 2 is 1.82 bits per heavy atom. The van der Waals surface area contributed by atoms with Crippen molar-refractivity contribution in [3.8, 4) is 0 Å². The number of carbonyl (C=O) groups is 1. The molecule has 178 valence electrons. The third-order valence-electron chi connectivity index (χ3n) is 4.97. The number of benzene rings is 2. The Balaban J connectivity index is 1.74. The molecule has 1 unspecified atom stereocenters. The van der Waals surface area contributed by atoms with Crippen LogP contribution in [0.1, 0.15) is 17.3 Å². The van der Waals surface area contributed by atoms with E-state index in [1.807, 2.05) is 0 Å². The van der Waals surface area contributed by atoms with Gasteiger partial charge < -0.3 is 5.21 Å².